The molecule has 14 heavy (non-hydrogen) atoms. The SMILES string of the molecule is CS/C(NC1CCC1)=C(\C#N)C(=O)O. The van der Waals surface area contributed by atoms with Crippen molar-refractivity contribution in [1.82, 2.24) is 5.32 Å². The molecular formula is C9H12N2O2S. The third kappa shape index (κ3) is 2.42. The first kappa shape index (κ1) is 10.9. The molecule has 0 atom stereocenters. The maximum Gasteiger partial charge on any atom is 0.349 e. The summed E-state index contributed by atoms with van der Waals surface area (Å²) in [6.07, 6.45) is 5.06. The normalized spacial score (nSPS) is 17.7. The molecule has 0 aromatic carbocycles. The lowest BCUT2D eigenvalue weighted by molar-refractivity contribution is -0.132. The number of rotatable bonds is 4. The number of carboxylic acid groups (broad SMARTS) is 1. The highest BCUT2D eigenvalue weighted by Crippen LogP contribution is 2.23. The molecule has 1 saturated carbocycles. The van der Waals surface area contributed by atoms with E-state index in [2.05, 4.69) is 5.32 Å². The van der Waals surface area contributed by atoms with Gasteiger partial charge >= 0.3 is 5.97 Å². The quantitative estimate of drug-likeness (QED) is 0.543. The molecule has 0 spiro atoms. The molecule has 4 nitrogen and oxygen atoms in total. The molecule has 0 aromatic heterocycles. The highest BCUT2D eigenvalue weighted by Gasteiger charge is 2.21. The van der Waals surface area contributed by atoms with E-state index in [-0.39, 0.29) is 5.57 Å². The van der Waals surface area contributed by atoms with Gasteiger partial charge in [-0.2, -0.15) is 5.26 Å². The first-order valence-corrected chi connectivity index (χ1v) is 5.59. The zero-order valence-corrected chi connectivity index (χ0v) is 8.73. The number of nitrogens with one attached hydrogen (secondary N) is 1. The summed E-state index contributed by atoms with van der Waals surface area (Å²) < 4.78 is 0. The third-order valence-corrected chi connectivity index (χ3v) is 2.93. The lowest BCUT2D eigenvalue weighted by atomic mass is 9.93. The van der Waals surface area contributed by atoms with E-state index in [1.807, 2.05) is 0 Å². The molecule has 0 unspecified atom stereocenters. The number of carbonyl (C=O) groups is 1. The van der Waals surface area contributed by atoms with E-state index in [0.717, 1.165) is 12.8 Å². The van der Waals surface area contributed by atoms with Gasteiger partial charge in [0.25, 0.3) is 0 Å². The number of nitrogens with zero attached hydrogens (tertiary/aromatic N) is 1. The summed E-state index contributed by atoms with van der Waals surface area (Å²) in [5.41, 5.74) is -0.190. The molecule has 0 aromatic rings. The van der Waals surface area contributed by atoms with Crippen molar-refractivity contribution in [3.05, 3.63) is 10.6 Å². The number of hydrogen-bond acceptors (Lipinski definition) is 4. The average molecular weight is 212 g/mol. The first-order valence-electron chi connectivity index (χ1n) is 4.37. The van der Waals surface area contributed by atoms with Crippen LogP contribution in [0.15, 0.2) is 10.6 Å². The fourth-order valence-corrected chi connectivity index (χ4v) is 1.79. The van der Waals surface area contributed by atoms with E-state index in [1.165, 1.54) is 18.2 Å². The van der Waals surface area contributed by atoms with Crippen LogP contribution in [0.25, 0.3) is 0 Å². The van der Waals surface area contributed by atoms with Gasteiger partial charge in [0, 0.05) is 6.04 Å². The topological polar surface area (TPSA) is 73.1 Å². The number of aliphatic carboxylic acids is 1. The Hall–Kier alpha value is -1.15. The molecular weight excluding hydrogens is 200 g/mol. The second-order valence-corrected chi connectivity index (χ2v) is 3.91. The van der Waals surface area contributed by atoms with Gasteiger partial charge in [0.2, 0.25) is 0 Å². The molecule has 0 saturated heterocycles. The highest BCUT2D eigenvalue weighted by molar-refractivity contribution is 8.02. The summed E-state index contributed by atoms with van der Waals surface area (Å²) in [5, 5.41) is 21.0. The molecule has 1 aliphatic carbocycles. The Labute approximate surface area is 87.0 Å². The van der Waals surface area contributed by atoms with Crippen molar-refractivity contribution in [2.75, 3.05) is 6.26 Å². The fraction of sp³-hybridized carbons (Fsp3) is 0.556. The predicted molar refractivity (Wildman–Crippen MR) is 54.6 cm³/mol. The average Bonchev–Trinajstić information content (AvgIpc) is 2.08. The summed E-state index contributed by atoms with van der Waals surface area (Å²) in [6.45, 7) is 0. The third-order valence-electron chi connectivity index (χ3n) is 2.20. The summed E-state index contributed by atoms with van der Waals surface area (Å²) in [6, 6.07) is 2.05. The Balaban J connectivity index is 2.74. The Kier molecular flexibility index (Phi) is 3.84. The van der Waals surface area contributed by atoms with Crippen LogP contribution in [0, 0.1) is 11.3 Å². The van der Waals surface area contributed by atoms with Crippen LogP contribution in [-0.2, 0) is 4.79 Å². The van der Waals surface area contributed by atoms with Crippen LogP contribution < -0.4 is 5.32 Å². The molecule has 76 valence electrons. The monoisotopic (exact) mass is 212 g/mol. The van der Waals surface area contributed by atoms with Gasteiger partial charge in [-0.25, -0.2) is 4.79 Å². The van der Waals surface area contributed by atoms with Gasteiger partial charge in [0.05, 0.1) is 5.03 Å². The van der Waals surface area contributed by atoms with E-state index >= 15 is 0 Å². The zero-order chi connectivity index (χ0) is 10.6. The fourth-order valence-electron chi connectivity index (χ4n) is 1.17. The van der Waals surface area contributed by atoms with Gasteiger partial charge in [-0.1, -0.05) is 0 Å². The minimum Gasteiger partial charge on any atom is -0.477 e. The minimum absolute atomic E-state index is 0.190. The molecule has 0 amide bonds. The second-order valence-electron chi connectivity index (χ2n) is 3.10. The minimum atomic E-state index is -1.16. The molecule has 1 rings (SSSR count). The largest absolute Gasteiger partial charge is 0.477 e. The Morgan fingerprint density at radius 3 is 2.57 bits per heavy atom. The summed E-state index contributed by atoms with van der Waals surface area (Å²) in [5.74, 6) is -1.16. The van der Waals surface area contributed by atoms with Crippen molar-refractivity contribution in [3.8, 4) is 6.07 Å². The maximum absolute atomic E-state index is 10.7. The van der Waals surface area contributed by atoms with Crippen molar-refractivity contribution in [2.45, 2.75) is 25.3 Å². The van der Waals surface area contributed by atoms with Gasteiger partial charge in [-0.15, -0.1) is 11.8 Å². The Morgan fingerprint density at radius 2 is 2.29 bits per heavy atom. The molecule has 0 heterocycles. The first-order chi connectivity index (χ1) is 6.69. The lowest BCUT2D eigenvalue weighted by Gasteiger charge is -2.28. The molecule has 5 heteroatoms. The maximum atomic E-state index is 10.7. The molecule has 2 N–H and O–H groups in total. The summed E-state index contributed by atoms with van der Waals surface area (Å²) in [4.78, 5) is 10.7. The van der Waals surface area contributed by atoms with Gasteiger partial charge < -0.3 is 10.4 Å². The van der Waals surface area contributed by atoms with Crippen molar-refractivity contribution in [2.24, 2.45) is 0 Å². The number of thioether (sulfide) groups is 1. The van der Waals surface area contributed by atoms with Gasteiger partial charge in [-0.05, 0) is 25.5 Å². The van der Waals surface area contributed by atoms with E-state index in [4.69, 9.17) is 10.4 Å². The van der Waals surface area contributed by atoms with E-state index in [0.29, 0.717) is 11.1 Å². The lowest BCUT2D eigenvalue weighted by Crippen LogP contribution is -2.34. The highest BCUT2D eigenvalue weighted by atomic mass is 32.2. The van der Waals surface area contributed by atoms with Crippen molar-refractivity contribution < 1.29 is 9.90 Å². The number of hydrogen-bond donors (Lipinski definition) is 2. The van der Waals surface area contributed by atoms with Crippen LogP contribution in [0.2, 0.25) is 0 Å². The van der Waals surface area contributed by atoms with E-state index in [9.17, 15) is 4.79 Å². The van der Waals surface area contributed by atoms with Crippen LogP contribution in [0.4, 0.5) is 0 Å². The van der Waals surface area contributed by atoms with E-state index in [1.54, 1.807) is 12.3 Å². The van der Waals surface area contributed by atoms with Crippen LogP contribution in [0.5, 0.6) is 0 Å². The summed E-state index contributed by atoms with van der Waals surface area (Å²) >= 11 is 1.27. The van der Waals surface area contributed by atoms with Crippen LogP contribution in [-0.4, -0.2) is 23.4 Å². The van der Waals surface area contributed by atoms with Crippen molar-refractivity contribution in [1.29, 1.82) is 5.26 Å². The van der Waals surface area contributed by atoms with Gasteiger partial charge in [0.15, 0.2) is 5.57 Å². The van der Waals surface area contributed by atoms with E-state index < -0.39 is 5.97 Å². The predicted octanol–water partition coefficient (Wildman–Crippen LogP) is 1.31. The molecule has 0 bridgehead atoms. The van der Waals surface area contributed by atoms with Crippen LogP contribution in [0.1, 0.15) is 19.3 Å². The van der Waals surface area contributed by atoms with Crippen molar-refractivity contribution in [3.63, 3.8) is 0 Å². The second kappa shape index (κ2) is 4.91. The molecule has 1 fully saturated rings. The number of carboxylic acids is 1. The van der Waals surface area contributed by atoms with Gasteiger partial charge in [-0.3, -0.25) is 0 Å². The van der Waals surface area contributed by atoms with Gasteiger partial charge in [0.1, 0.15) is 6.07 Å². The Bertz CT molecular complexity index is 302. The smallest absolute Gasteiger partial charge is 0.349 e. The standard InChI is InChI=1S/C9H12N2O2S/c1-14-8(7(5-10)9(12)13)11-6-3-2-4-6/h6,11H,2-4H2,1H3,(H,12,13)/b8-7+. The van der Waals surface area contributed by atoms with Crippen molar-refractivity contribution >= 4 is 17.7 Å². The van der Waals surface area contributed by atoms with Crippen LogP contribution in [0.3, 0.4) is 0 Å². The molecule has 1 aliphatic rings. The molecule has 0 radical (unpaired) electrons. The zero-order valence-electron chi connectivity index (χ0n) is 7.91. The summed E-state index contributed by atoms with van der Waals surface area (Å²) in [7, 11) is 0. The molecule has 0 aliphatic heterocycles. The van der Waals surface area contributed by atoms with Crippen LogP contribution >= 0.6 is 11.8 Å². The Morgan fingerprint density at radius 1 is 1.64 bits per heavy atom. The number of nitriles is 1.